The predicted molar refractivity (Wildman–Crippen MR) is 108 cm³/mol. The number of carbonyl (C=O) groups excluding carboxylic acids is 1. The van der Waals surface area contributed by atoms with E-state index in [4.69, 9.17) is 9.90 Å². The van der Waals surface area contributed by atoms with E-state index in [0.717, 1.165) is 30.5 Å². The summed E-state index contributed by atoms with van der Waals surface area (Å²) in [5, 5.41) is 11.4. The van der Waals surface area contributed by atoms with Gasteiger partial charge in [-0.15, -0.1) is 0 Å². The Bertz CT molecular complexity index is 913. The smallest absolute Gasteiger partial charge is 0.475 e. The maximum Gasteiger partial charge on any atom is 0.490 e. The standard InChI is InChI=1S/C19H25FN4O.C2HF3O2/c1-22(2)17-8-9-24(18(17)10-15-12-21-23(3)13-15)19(25)11-14-4-6-16(20)7-5-14;3-2(4,5)1(6)7/h4-7,12-13,17-18H,8-11H2,1-3H3;(H,6,7)/t17-,18+;/m1./s1. The normalized spacial score (nSPS) is 18.4. The van der Waals surface area contributed by atoms with E-state index in [0.29, 0.717) is 12.5 Å². The van der Waals surface area contributed by atoms with Crippen molar-refractivity contribution in [2.75, 3.05) is 20.6 Å². The molecule has 0 spiro atoms. The number of hydrogen-bond donors (Lipinski definition) is 1. The summed E-state index contributed by atoms with van der Waals surface area (Å²) in [6.07, 6.45) is 0.865. The molecule has 0 saturated carbocycles. The van der Waals surface area contributed by atoms with Crippen LogP contribution in [0.2, 0.25) is 0 Å². The van der Waals surface area contributed by atoms with Crippen LogP contribution in [0.15, 0.2) is 36.7 Å². The lowest BCUT2D eigenvalue weighted by atomic mass is 10.0. The molecule has 1 fully saturated rings. The quantitative estimate of drug-likeness (QED) is 0.697. The Kier molecular flexibility index (Phi) is 8.37. The second kappa shape index (κ2) is 10.6. The van der Waals surface area contributed by atoms with E-state index in [1.165, 1.54) is 12.1 Å². The van der Waals surface area contributed by atoms with Gasteiger partial charge in [0.1, 0.15) is 5.82 Å². The largest absolute Gasteiger partial charge is 0.490 e. The summed E-state index contributed by atoms with van der Waals surface area (Å²) >= 11 is 0. The van der Waals surface area contributed by atoms with E-state index in [2.05, 4.69) is 24.1 Å². The van der Waals surface area contributed by atoms with Gasteiger partial charge in [0.05, 0.1) is 18.7 Å². The van der Waals surface area contributed by atoms with Gasteiger partial charge in [0.25, 0.3) is 0 Å². The van der Waals surface area contributed by atoms with Gasteiger partial charge in [0.15, 0.2) is 0 Å². The number of likely N-dealkylation sites (tertiary alicyclic amines) is 1. The first-order valence-corrected chi connectivity index (χ1v) is 9.86. The SMILES string of the molecule is CN(C)[C@@H]1CCN(C(=O)Cc2ccc(F)cc2)[C@H]1Cc1cnn(C)c1.O=C(O)C(F)(F)F. The van der Waals surface area contributed by atoms with Crippen molar-refractivity contribution >= 4 is 11.9 Å². The maximum absolute atomic E-state index is 13.1. The van der Waals surface area contributed by atoms with Crippen LogP contribution < -0.4 is 0 Å². The fourth-order valence-electron chi connectivity index (χ4n) is 3.69. The Morgan fingerprint density at radius 1 is 1.19 bits per heavy atom. The minimum Gasteiger partial charge on any atom is -0.475 e. The third kappa shape index (κ3) is 7.04. The van der Waals surface area contributed by atoms with Crippen molar-refractivity contribution in [2.24, 2.45) is 7.05 Å². The van der Waals surface area contributed by atoms with Gasteiger partial charge in [0, 0.05) is 25.8 Å². The molecule has 1 aliphatic rings. The Labute approximate surface area is 183 Å². The lowest BCUT2D eigenvalue weighted by Crippen LogP contribution is -2.46. The average Bonchev–Trinajstić information content (AvgIpc) is 3.30. The number of benzene rings is 1. The molecule has 0 unspecified atom stereocenters. The van der Waals surface area contributed by atoms with Gasteiger partial charge < -0.3 is 14.9 Å². The predicted octanol–water partition coefficient (Wildman–Crippen LogP) is 2.51. The summed E-state index contributed by atoms with van der Waals surface area (Å²) < 4.78 is 46.6. The van der Waals surface area contributed by atoms with Crippen molar-refractivity contribution in [1.29, 1.82) is 0 Å². The molecule has 1 saturated heterocycles. The number of carboxylic acids is 1. The molecule has 0 bridgehead atoms. The summed E-state index contributed by atoms with van der Waals surface area (Å²) in [6.45, 7) is 0.758. The van der Waals surface area contributed by atoms with Crippen LogP contribution in [0.3, 0.4) is 0 Å². The summed E-state index contributed by atoms with van der Waals surface area (Å²) in [5.41, 5.74) is 1.99. The highest BCUT2D eigenvalue weighted by Gasteiger charge is 2.39. The molecule has 1 amide bonds. The average molecular weight is 458 g/mol. The van der Waals surface area contributed by atoms with E-state index < -0.39 is 12.1 Å². The van der Waals surface area contributed by atoms with Gasteiger partial charge >= 0.3 is 12.1 Å². The van der Waals surface area contributed by atoms with E-state index in [1.54, 1.807) is 16.8 Å². The number of nitrogens with zero attached hydrogens (tertiary/aromatic N) is 4. The molecule has 1 aromatic heterocycles. The van der Waals surface area contributed by atoms with Gasteiger partial charge in [-0.05, 0) is 50.2 Å². The Hall–Kier alpha value is -2.95. The van der Waals surface area contributed by atoms with Gasteiger partial charge in [-0.2, -0.15) is 18.3 Å². The second-order valence-electron chi connectivity index (χ2n) is 7.81. The van der Waals surface area contributed by atoms with Gasteiger partial charge in [0.2, 0.25) is 5.91 Å². The second-order valence-corrected chi connectivity index (χ2v) is 7.81. The van der Waals surface area contributed by atoms with Crippen molar-refractivity contribution in [1.82, 2.24) is 19.6 Å². The van der Waals surface area contributed by atoms with Crippen molar-refractivity contribution < 1.29 is 32.3 Å². The highest BCUT2D eigenvalue weighted by molar-refractivity contribution is 5.79. The molecule has 3 rings (SSSR count). The number of carbonyl (C=O) groups is 2. The van der Waals surface area contributed by atoms with Gasteiger partial charge in [-0.3, -0.25) is 9.48 Å². The number of likely N-dealkylation sites (N-methyl/N-ethyl adjacent to an activating group) is 1. The van der Waals surface area contributed by atoms with E-state index >= 15 is 0 Å². The fourth-order valence-corrected chi connectivity index (χ4v) is 3.69. The van der Waals surface area contributed by atoms with Crippen LogP contribution in [0.5, 0.6) is 0 Å². The van der Waals surface area contributed by atoms with Crippen molar-refractivity contribution in [3.05, 3.63) is 53.6 Å². The first kappa shape index (κ1) is 25.3. The van der Waals surface area contributed by atoms with Crippen LogP contribution in [0.4, 0.5) is 17.6 Å². The first-order valence-electron chi connectivity index (χ1n) is 9.86. The Morgan fingerprint density at radius 2 is 1.78 bits per heavy atom. The molecular weight excluding hydrogens is 432 g/mol. The molecular formula is C21H26F4N4O3. The molecule has 1 aliphatic heterocycles. The highest BCUT2D eigenvalue weighted by Crippen LogP contribution is 2.26. The molecule has 176 valence electrons. The summed E-state index contributed by atoms with van der Waals surface area (Å²) in [5.74, 6) is -2.93. The van der Waals surface area contributed by atoms with Crippen LogP contribution in [-0.4, -0.2) is 75.5 Å². The summed E-state index contributed by atoms with van der Waals surface area (Å²) in [7, 11) is 6.03. The number of aryl methyl sites for hydroxylation is 1. The molecule has 2 aromatic rings. The molecule has 11 heteroatoms. The minimum absolute atomic E-state index is 0.102. The first-order chi connectivity index (χ1) is 14.9. The van der Waals surface area contributed by atoms with Crippen molar-refractivity contribution in [3.8, 4) is 0 Å². The number of hydrogen-bond acceptors (Lipinski definition) is 4. The van der Waals surface area contributed by atoms with E-state index in [-0.39, 0.29) is 17.8 Å². The maximum atomic E-state index is 13.1. The van der Waals surface area contributed by atoms with Crippen molar-refractivity contribution in [2.45, 2.75) is 37.5 Å². The summed E-state index contributed by atoms with van der Waals surface area (Å²) in [4.78, 5) is 26.0. The van der Waals surface area contributed by atoms with E-state index in [1.807, 2.05) is 24.3 Å². The molecule has 7 nitrogen and oxygen atoms in total. The summed E-state index contributed by atoms with van der Waals surface area (Å²) in [6, 6.07) is 6.64. The number of rotatable bonds is 5. The molecule has 2 heterocycles. The van der Waals surface area contributed by atoms with Gasteiger partial charge in [-0.25, -0.2) is 9.18 Å². The van der Waals surface area contributed by atoms with Gasteiger partial charge in [-0.1, -0.05) is 12.1 Å². The molecule has 1 aromatic carbocycles. The topological polar surface area (TPSA) is 78.7 Å². The molecule has 2 atom stereocenters. The lowest BCUT2D eigenvalue weighted by Gasteiger charge is -2.31. The van der Waals surface area contributed by atoms with Crippen LogP contribution in [0, 0.1) is 5.82 Å². The fraction of sp³-hybridized carbons (Fsp3) is 0.476. The zero-order valence-electron chi connectivity index (χ0n) is 18.0. The van der Waals surface area contributed by atoms with Crippen LogP contribution in [0.25, 0.3) is 0 Å². The molecule has 0 radical (unpaired) electrons. The van der Waals surface area contributed by atoms with Crippen LogP contribution >= 0.6 is 0 Å². The zero-order chi connectivity index (χ0) is 24.1. The Morgan fingerprint density at radius 3 is 2.25 bits per heavy atom. The monoisotopic (exact) mass is 458 g/mol. The highest BCUT2D eigenvalue weighted by atomic mass is 19.4. The van der Waals surface area contributed by atoms with E-state index in [9.17, 15) is 22.4 Å². The zero-order valence-corrected chi connectivity index (χ0v) is 18.0. The number of aromatic nitrogens is 2. The van der Waals surface area contributed by atoms with Crippen molar-refractivity contribution in [3.63, 3.8) is 0 Å². The lowest BCUT2D eigenvalue weighted by molar-refractivity contribution is -0.192. The van der Waals surface area contributed by atoms with Crippen LogP contribution in [-0.2, 0) is 29.5 Å². The molecule has 0 aliphatic carbocycles. The molecule has 1 N–H and O–H groups in total. The molecule has 32 heavy (non-hydrogen) atoms. The van der Waals surface area contributed by atoms with Crippen LogP contribution in [0.1, 0.15) is 17.5 Å². The minimum atomic E-state index is -5.08. The Balaban J connectivity index is 0.000000451. The number of carboxylic acid groups (broad SMARTS) is 1. The third-order valence-electron chi connectivity index (χ3n) is 5.21. The third-order valence-corrected chi connectivity index (χ3v) is 5.21. The number of amides is 1. The number of aliphatic carboxylic acids is 1. The number of alkyl halides is 3. The number of halogens is 4.